The SMILES string of the molecule is CC(CCC[C@@H](C)[C@H]1CC[C@H]2[C@@H]3CCC4CCCC[C@]4(C)[C@H]3CC[C@]12C)COC(=O)N1C(=O)C=C(c2ccccc2)C1=O. The molecule has 6 rings (SSSR count). The van der Waals surface area contributed by atoms with Crippen molar-refractivity contribution in [2.24, 2.45) is 52.3 Å². The quantitative estimate of drug-likeness (QED) is 0.285. The first-order valence-electron chi connectivity index (χ1n) is 17.5. The van der Waals surface area contributed by atoms with Crippen molar-refractivity contribution in [3.05, 3.63) is 42.0 Å². The van der Waals surface area contributed by atoms with Crippen molar-refractivity contribution in [3.63, 3.8) is 0 Å². The fourth-order valence-electron chi connectivity index (χ4n) is 11.1. The molecule has 5 aliphatic rings. The van der Waals surface area contributed by atoms with Crippen LogP contribution in [0.5, 0.6) is 0 Å². The lowest BCUT2D eigenvalue weighted by atomic mass is 9.44. The summed E-state index contributed by atoms with van der Waals surface area (Å²) in [7, 11) is 0. The number of imide groups is 3. The van der Waals surface area contributed by atoms with E-state index in [1.807, 2.05) is 6.07 Å². The molecule has 0 N–H and O–H groups in total. The number of amides is 3. The zero-order valence-corrected chi connectivity index (χ0v) is 27.0. The zero-order chi connectivity index (χ0) is 30.4. The second-order valence-electron chi connectivity index (χ2n) is 15.6. The highest BCUT2D eigenvalue weighted by atomic mass is 16.6. The second-order valence-corrected chi connectivity index (χ2v) is 15.6. The molecular formula is C38H53NO4. The molecule has 1 aliphatic heterocycles. The first-order valence-corrected chi connectivity index (χ1v) is 17.5. The summed E-state index contributed by atoms with van der Waals surface area (Å²) in [5.41, 5.74) is 1.97. The lowest BCUT2D eigenvalue weighted by molar-refractivity contribution is -0.134. The van der Waals surface area contributed by atoms with Crippen LogP contribution >= 0.6 is 0 Å². The highest BCUT2D eigenvalue weighted by Gasteiger charge is 2.60. The highest BCUT2D eigenvalue weighted by molar-refractivity contribution is 6.37. The molecule has 1 heterocycles. The number of ether oxygens (including phenoxy) is 1. The smallest absolute Gasteiger partial charge is 0.424 e. The van der Waals surface area contributed by atoms with Crippen LogP contribution in [0.15, 0.2) is 36.4 Å². The number of hydrogen-bond acceptors (Lipinski definition) is 4. The van der Waals surface area contributed by atoms with E-state index in [1.54, 1.807) is 24.3 Å². The minimum atomic E-state index is -0.867. The average molecular weight is 588 g/mol. The molecule has 0 spiro atoms. The van der Waals surface area contributed by atoms with Gasteiger partial charge >= 0.3 is 6.09 Å². The third-order valence-electron chi connectivity index (χ3n) is 13.4. The van der Waals surface area contributed by atoms with Crippen molar-refractivity contribution in [2.75, 3.05) is 6.61 Å². The molecule has 4 fully saturated rings. The minimum absolute atomic E-state index is 0.180. The van der Waals surface area contributed by atoms with Crippen LogP contribution in [0.4, 0.5) is 4.79 Å². The first-order chi connectivity index (χ1) is 20.6. The molecule has 3 amide bonds. The van der Waals surface area contributed by atoms with Gasteiger partial charge in [-0.25, -0.2) is 4.79 Å². The Morgan fingerprint density at radius 2 is 1.67 bits per heavy atom. The van der Waals surface area contributed by atoms with Crippen molar-refractivity contribution in [2.45, 2.75) is 111 Å². The Bertz CT molecular complexity index is 1240. The number of fused-ring (bicyclic) bond motifs is 5. The first kappa shape index (κ1) is 30.6. The van der Waals surface area contributed by atoms with Gasteiger partial charge in [0.25, 0.3) is 11.8 Å². The highest BCUT2D eigenvalue weighted by Crippen LogP contribution is 2.68. The maximum absolute atomic E-state index is 12.8. The molecule has 9 atom stereocenters. The Hall–Kier alpha value is -2.43. The molecule has 5 nitrogen and oxygen atoms in total. The van der Waals surface area contributed by atoms with E-state index in [0.717, 1.165) is 42.4 Å². The maximum atomic E-state index is 12.8. The Morgan fingerprint density at radius 3 is 2.47 bits per heavy atom. The van der Waals surface area contributed by atoms with Crippen LogP contribution in [0.25, 0.3) is 5.57 Å². The van der Waals surface area contributed by atoms with Crippen LogP contribution in [0, 0.1) is 52.3 Å². The predicted molar refractivity (Wildman–Crippen MR) is 170 cm³/mol. The molecule has 0 bridgehead atoms. The summed E-state index contributed by atoms with van der Waals surface area (Å²) in [6.07, 6.45) is 18.2. The van der Waals surface area contributed by atoms with Gasteiger partial charge in [-0.1, -0.05) is 83.7 Å². The molecule has 0 radical (unpaired) electrons. The molecule has 0 aromatic heterocycles. The fourth-order valence-corrected chi connectivity index (χ4v) is 11.1. The molecule has 1 aromatic carbocycles. The molecule has 2 unspecified atom stereocenters. The van der Waals surface area contributed by atoms with Crippen molar-refractivity contribution in [1.82, 2.24) is 4.90 Å². The lowest BCUT2D eigenvalue weighted by Gasteiger charge is -2.61. The Balaban J connectivity index is 0.964. The van der Waals surface area contributed by atoms with Crippen LogP contribution in [-0.4, -0.2) is 29.4 Å². The Labute approximate surface area is 259 Å². The van der Waals surface area contributed by atoms with E-state index in [0.29, 0.717) is 27.2 Å². The molecule has 4 aliphatic carbocycles. The van der Waals surface area contributed by atoms with Gasteiger partial charge in [0.15, 0.2) is 0 Å². The molecule has 1 aromatic rings. The second kappa shape index (κ2) is 12.2. The lowest BCUT2D eigenvalue weighted by Crippen LogP contribution is -2.53. The molecule has 234 valence electrons. The van der Waals surface area contributed by atoms with E-state index in [4.69, 9.17) is 4.74 Å². The topological polar surface area (TPSA) is 63.7 Å². The van der Waals surface area contributed by atoms with Gasteiger partial charge in [-0.2, -0.15) is 4.90 Å². The summed E-state index contributed by atoms with van der Waals surface area (Å²) in [5, 5.41) is 0. The van der Waals surface area contributed by atoms with Crippen molar-refractivity contribution >= 4 is 23.5 Å². The number of benzene rings is 1. The van der Waals surface area contributed by atoms with E-state index in [2.05, 4.69) is 27.7 Å². The molecule has 43 heavy (non-hydrogen) atoms. The number of hydrogen-bond donors (Lipinski definition) is 0. The van der Waals surface area contributed by atoms with Gasteiger partial charge in [0.1, 0.15) is 0 Å². The van der Waals surface area contributed by atoms with Crippen LogP contribution in [0.1, 0.15) is 117 Å². The zero-order valence-electron chi connectivity index (χ0n) is 27.0. The van der Waals surface area contributed by atoms with E-state index < -0.39 is 17.9 Å². The van der Waals surface area contributed by atoms with Crippen LogP contribution in [-0.2, 0) is 14.3 Å². The van der Waals surface area contributed by atoms with E-state index >= 15 is 0 Å². The predicted octanol–water partition coefficient (Wildman–Crippen LogP) is 9.07. The molecule has 0 saturated heterocycles. The third kappa shape index (κ3) is 5.52. The van der Waals surface area contributed by atoms with E-state index in [-0.39, 0.29) is 18.1 Å². The van der Waals surface area contributed by atoms with Gasteiger partial charge in [-0.05, 0) is 116 Å². The summed E-state index contributed by atoms with van der Waals surface area (Å²) in [5.74, 6) is 4.31. The van der Waals surface area contributed by atoms with Crippen LogP contribution in [0.3, 0.4) is 0 Å². The van der Waals surface area contributed by atoms with Gasteiger partial charge in [0.2, 0.25) is 0 Å². The monoisotopic (exact) mass is 587 g/mol. The van der Waals surface area contributed by atoms with Crippen molar-refractivity contribution in [1.29, 1.82) is 0 Å². The van der Waals surface area contributed by atoms with Crippen molar-refractivity contribution in [3.8, 4) is 0 Å². The van der Waals surface area contributed by atoms with Gasteiger partial charge in [0, 0.05) is 6.08 Å². The largest absolute Gasteiger partial charge is 0.448 e. The third-order valence-corrected chi connectivity index (χ3v) is 13.4. The fraction of sp³-hybridized carbons (Fsp3) is 0.711. The van der Waals surface area contributed by atoms with Gasteiger partial charge < -0.3 is 4.74 Å². The summed E-state index contributed by atoms with van der Waals surface area (Å²) in [6, 6.07) is 8.96. The molecular weight excluding hydrogens is 534 g/mol. The normalized spacial score (nSPS) is 36.8. The summed E-state index contributed by atoms with van der Waals surface area (Å²) >= 11 is 0. The minimum Gasteiger partial charge on any atom is -0.448 e. The number of rotatable bonds is 8. The number of carbonyl (C=O) groups is 3. The van der Waals surface area contributed by atoms with Crippen molar-refractivity contribution < 1.29 is 19.1 Å². The summed E-state index contributed by atoms with van der Waals surface area (Å²) in [6.45, 7) is 10.2. The van der Waals surface area contributed by atoms with Gasteiger partial charge in [-0.3, -0.25) is 9.59 Å². The summed E-state index contributed by atoms with van der Waals surface area (Å²) in [4.78, 5) is 38.6. The van der Waals surface area contributed by atoms with Crippen LogP contribution in [0.2, 0.25) is 0 Å². The van der Waals surface area contributed by atoms with Gasteiger partial charge in [0.05, 0.1) is 12.2 Å². The summed E-state index contributed by atoms with van der Waals surface area (Å²) < 4.78 is 5.46. The Kier molecular flexibility index (Phi) is 8.65. The van der Waals surface area contributed by atoms with Crippen LogP contribution < -0.4 is 0 Å². The van der Waals surface area contributed by atoms with Gasteiger partial charge in [-0.15, -0.1) is 0 Å². The standard InChI is InChI=1S/C38H53NO4/c1-25(24-43-36(42)39-34(40)23-30(35(39)41)27-13-6-5-7-14-27)11-10-12-26(2)31-18-19-32-29-17-16-28-15-8-9-21-37(28,3)33(29)20-22-38(31,32)4/h5-7,13-14,23,25-26,28-29,31-33H,8-12,15-22,24H2,1-4H3/t25?,26-,28?,29+,31-,32+,33+,37+,38-/m1/s1. The Morgan fingerprint density at radius 1 is 0.907 bits per heavy atom. The molecule has 5 heteroatoms. The number of nitrogens with zero attached hydrogens (tertiary/aromatic N) is 1. The maximum Gasteiger partial charge on any atom is 0.424 e. The average Bonchev–Trinajstić information content (AvgIpc) is 3.51. The number of carbonyl (C=O) groups excluding carboxylic acids is 3. The van der Waals surface area contributed by atoms with E-state index in [9.17, 15) is 14.4 Å². The molecule has 4 saturated carbocycles. The van der Waals surface area contributed by atoms with E-state index in [1.165, 1.54) is 76.7 Å².